The maximum atomic E-state index is 12.7. The van der Waals surface area contributed by atoms with Gasteiger partial charge in [0, 0.05) is 38.5 Å². The van der Waals surface area contributed by atoms with E-state index in [1.54, 1.807) is 4.90 Å². The lowest BCUT2D eigenvalue weighted by molar-refractivity contribution is -0.142. The van der Waals surface area contributed by atoms with Crippen LogP contribution >= 0.6 is 0 Å². The van der Waals surface area contributed by atoms with Crippen molar-refractivity contribution in [3.63, 3.8) is 0 Å². The first-order chi connectivity index (χ1) is 12.6. The van der Waals surface area contributed by atoms with E-state index in [-0.39, 0.29) is 18.0 Å². The van der Waals surface area contributed by atoms with Gasteiger partial charge in [-0.25, -0.2) is 4.79 Å². The Kier molecular flexibility index (Phi) is 6.14. The highest BCUT2D eigenvalue weighted by atomic mass is 16.5. The second-order valence-electron chi connectivity index (χ2n) is 6.90. The van der Waals surface area contributed by atoms with E-state index in [0.29, 0.717) is 32.8 Å². The van der Waals surface area contributed by atoms with Crippen LogP contribution in [-0.2, 0) is 22.4 Å². The number of carbonyl (C=O) groups excluding carboxylic acids is 2. The van der Waals surface area contributed by atoms with Crippen molar-refractivity contribution in [3.05, 3.63) is 29.3 Å². The van der Waals surface area contributed by atoms with Crippen LogP contribution in [0.1, 0.15) is 37.8 Å². The molecule has 0 bridgehead atoms. The molecule has 2 heterocycles. The molecule has 1 aromatic rings. The topological polar surface area (TPSA) is 61.9 Å². The van der Waals surface area contributed by atoms with Crippen LogP contribution in [-0.4, -0.2) is 60.6 Å². The van der Waals surface area contributed by atoms with Crippen LogP contribution in [0, 0.1) is 0 Å². The van der Waals surface area contributed by atoms with Crippen LogP contribution in [0.4, 0.5) is 10.5 Å². The van der Waals surface area contributed by atoms with Gasteiger partial charge in [0.1, 0.15) is 6.10 Å². The number of amides is 3. The van der Waals surface area contributed by atoms with Gasteiger partial charge in [0.05, 0.1) is 0 Å². The summed E-state index contributed by atoms with van der Waals surface area (Å²) in [5, 5.41) is 3.11. The lowest BCUT2D eigenvalue weighted by Crippen LogP contribution is -2.53. The van der Waals surface area contributed by atoms with E-state index < -0.39 is 0 Å². The number of hydrogen-bond acceptors (Lipinski definition) is 3. The maximum absolute atomic E-state index is 12.7. The van der Waals surface area contributed by atoms with Crippen LogP contribution in [0.5, 0.6) is 0 Å². The summed E-state index contributed by atoms with van der Waals surface area (Å²) in [6.45, 7) is 7.12. The van der Waals surface area contributed by atoms with Crippen LogP contribution < -0.4 is 5.32 Å². The number of aryl methyl sites for hydroxylation is 2. The molecular formula is C20H29N3O3. The average Bonchev–Trinajstić information content (AvgIpc) is 3.22. The zero-order valence-electron chi connectivity index (χ0n) is 15.8. The van der Waals surface area contributed by atoms with Gasteiger partial charge in [0.2, 0.25) is 0 Å². The van der Waals surface area contributed by atoms with Gasteiger partial charge in [-0.2, -0.15) is 0 Å². The number of rotatable bonds is 4. The summed E-state index contributed by atoms with van der Waals surface area (Å²) >= 11 is 0. The molecule has 0 saturated carbocycles. The Labute approximate surface area is 155 Å². The molecule has 142 valence electrons. The molecule has 0 radical (unpaired) electrons. The van der Waals surface area contributed by atoms with Crippen LogP contribution in [0.25, 0.3) is 0 Å². The second kappa shape index (κ2) is 8.54. The van der Waals surface area contributed by atoms with Crippen LogP contribution in [0.2, 0.25) is 0 Å². The minimum atomic E-state index is -0.279. The van der Waals surface area contributed by atoms with Gasteiger partial charge in [-0.15, -0.1) is 0 Å². The van der Waals surface area contributed by atoms with Gasteiger partial charge in [0.25, 0.3) is 5.91 Å². The van der Waals surface area contributed by atoms with Crippen molar-refractivity contribution in [1.29, 1.82) is 0 Å². The molecule has 0 unspecified atom stereocenters. The Morgan fingerprint density at radius 1 is 1.08 bits per heavy atom. The summed E-state index contributed by atoms with van der Waals surface area (Å²) in [6, 6.07) is 6.09. The molecule has 1 aromatic carbocycles. The van der Waals surface area contributed by atoms with E-state index in [2.05, 4.69) is 31.3 Å². The quantitative estimate of drug-likeness (QED) is 0.899. The standard InChI is InChI=1S/C20H29N3O3/c1-3-15-7-5-8-16(4-2)18(15)21-20(25)23-12-10-22(11-13-23)19(24)17-9-6-14-26-17/h5,7-8,17H,3-4,6,9-14H2,1-2H3,(H,21,25)/t17-/m0/s1. The first kappa shape index (κ1) is 18.7. The van der Waals surface area contributed by atoms with Gasteiger partial charge in [-0.05, 0) is 36.8 Å². The summed E-state index contributed by atoms with van der Waals surface area (Å²) in [5.41, 5.74) is 3.26. The first-order valence-corrected chi connectivity index (χ1v) is 9.71. The first-order valence-electron chi connectivity index (χ1n) is 9.71. The molecule has 2 saturated heterocycles. The Balaban J connectivity index is 1.58. The molecule has 1 atom stereocenters. The van der Waals surface area contributed by atoms with Crippen molar-refractivity contribution in [2.45, 2.75) is 45.6 Å². The monoisotopic (exact) mass is 359 g/mol. The molecule has 6 nitrogen and oxygen atoms in total. The number of urea groups is 1. The molecule has 0 aliphatic carbocycles. The Hall–Kier alpha value is -2.08. The van der Waals surface area contributed by atoms with E-state index in [1.165, 1.54) is 0 Å². The fraction of sp³-hybridized carbons (Fsp3) is 0.600. The summed E-state index contributed by atoms with van der Waals surface area (Å²) < 4.78 is 5.49. The van der Waals surface area contributed by atoms with Gasteiger partial charge < -0.3 is 19.9 Å². The molecule has 26 heavy (non-hydrogen) atoms. The van der Waals surface area contributed by atoms with Gasteiger partial charge in [-0.1, -0.05) is 32.0 Å². The largest absolute Gasteiger partial charge is 0.368 e. The molecule has 3 rings (SSSR count). The summed E-state index contributed by atoms with van der Waals surface area (Å²) in [4.78, 5) is 28.8. The third kappa shape index (κ3) is 4.01. The highest BCUT2D eigenvalue weighted by Crippen LogP contribution is 2.23. The number of piperazine rings is 1. The fourth-order valence-corrected chi connectivity index (χ4v) is 3.70. The number of hydrogen-bond donors (Lipinski definition) is 1. The number of nitrogens with zero attached hydrogens (tertiary/aromatic N) is 2. The number of ether oxygens (including phenoxy) is 1. The van der Waals surface area contributed by atoms with Gasteiger partial charge in [0.15, 0.2) is 0 Å². The van der Waals surface area contributed by atoms with E-state index in [4.69, 9.17) is 4.74 Å². The second-order valence-corrected chi connectivity index (χ2v) is 6.90. The highest BCUT2D eigenvalue weighted by molar-refractivity contribution is 5.91. The minimum absolute atomic E-state index is 0.0761. The van der Waals surface area contributed by atoms with Crippen molar-refractivity contribution in [2.75, 3.05) is 38.1 Å². The van der Waals surface area contributed by atoms with Crippen LogP contribution in [0.15, 0.2) is 18.2 Å². The molecule has 3 amide bonds. The van der Waals surface area contributed by atoms with E-state index >= 15 is 0 Å². The van der Waals surface area contributed by atoms with Crippen molar-refractivity contribution in [3.8, 4) is 0 Å². The Morgan fingerprint density at radius 3 is 2.23 bits per heavy atom. The van der Waals surface area contributed by atoms with E-state index in [9.17, 15) is 9.59 Å². The molecule has 2 aliphatic heterocycles. The lowest BCUT2D eigenvalue weighted by Gasteiger charge is -2.36. The predicted molar refractivity (Wildman–Crippen MR) is 101 cm³/mol. The highest BCUT2D eigenvalue weighted by Gasteiger charge is 2.31. The smallest absolute Gasteiger partial charge is 0.321 e. The van der Waals surface area contributed by atoms with Crippen molar-refractivity contribution >= 4 is 17.6 Å². The lowest BCUT2D eigenvalue weighted by atomic mass is 10.0. The molecule has 1 N–H and O–H groups in total. The molecule has 0 spiro atoms. The van der Waals surface area contributed by atoms with E-state index in [1.807, 2.05) is 11.0 Å². The zero-order chi connectivity index (χ0) is 18.5. The van der Waals surface area contributed by atoms with Crippen LogP contribution in [0.3, 0.4) is 0 Å². The summed E-state index contributed by atoms with van der Waals surface area (Å²) in [7, 11) is 0. The summed E-state index contributed by atoms with van der Waals surface area (Å²) in [6.07, 6.45) is 3.25. The summed E-state index contributed by atoms with van der Waals surface area (Å²) in [5.74, 6) is 0.0761. The molecule has 0 aromatic heterocycles. The Bertz CT molecular complexity index is 625. The minimum Gasteiger partial charge on any atom is -0.368 e. The molecule has 2 fully saturated rings. The maximum Gasteiger partial charge on any atom is 0.321 e. The number of carbonyl (C=O) groups is 2. The molecule has 6 heteroatoms. The van der Waals surface area contributed by atoms with Crippen molar-refractivity contribution < 1.29 is 14.3 Å². The van der Waals surface area contributed by atoms with Gasteiger partial charge in [-0.3, -0.25) is 4.79 Å². The number of para-hydroxylation sites is 1. The average molecular weight is 359 g/mol. The van der Waals surface area contributed by atoms with Crippen molar-refractivity contribution in [2.24, 2.45) is 0 Å². The molecule has 2 aliphatic rings. The molecular weight excluding hydrogens is 330 g/mol. The SMILES string of the molecule is CCc1cccc(CC)c1NC(=O)N1CCN(C(=O)[C@@H]2CCCO2)CC1. The third-order valence-corrected chi connectivity index (χ3v) is 5.31. The third-order valence-electron chi connectivity index (χ3n) is 5.31. The predicted octanol–water partition coefficient (Wildman–Crippen LogP) is 2.67. The van der Waals surface area contributed by atoms with Gasteiger partial charge >= 0.3 is 6.03 Å². The van der Waals surface area contributed by atoms with E-state index in [0.717, 1.165) is 42.5 Å². The zero-order valence-corrected chi connectivity index (χ0v) is 15.8. The fourth-order valence-electron chi connectivity index (χ4n) is 3.70. The number of nitrogens with one attached hydrogen (secondary N) is 1. The van der Waals surface area contributed by atoms with Crippen molar-refractivity contribution in [1.82, 2.24) is 9.80 Å². The normalized spacial score (nSPS) is 20.3. The Morgan fingerprint density at radius 2 is 1.69 bits per heavy atom. The number of benzene rings is 1. The number of anilines is 1.